The molecule has 3 saturated heterocycles. The molecule has 206 valence electrons. The maximum atomic E-state index is 14.4. The van der Waals surface area contributed by atoms with Gasteiger partial charge in [0.1, 0.15) is 11.6 Å². The number of esters is 1. The summed E-state index contributed by atoms with van der Waals surface area (Å²) >= 11 is 0. The van der Waals surface area contributed by atoms with E-state index >= 15 is 0 Å². The topological polar surface area (TPSA) is 96.4 Å². The molecule has 4 rings (SSSR count). The van der Waals surface area contributed by atoms with Gasteiger partial charge in [0.25, 0.3) is 5.91 Å². The Morgan fingerprint density at radius 1 is 1.24 bits per heavy atom. The number of allylic oxidation sites excluding steroid dienone is 1. The highest BCUT2D eigenvalue weighted by molar-refractivity contribution is 6.05. The maximum Gasteiger partial charge on any atom is 0.312 e. The Kier molecular flexibility index (Phi) is 8.73. The van der Waals surface area contributed by atoms with E-state index in [9.17, 15) is 19.5 Å². The van der Waals surface area contributed by atoms with Gasteiger partial charge >= 0.3 is 5.97 Å². The van der Waals surface area contributed by atoms with Gasteiger partial charge in [-0.25, -0.2) is 0 Å². The molecule has 8 heteroatoms. The third-order valence-electron chi connectivity index (χ3n) is 8.14. The first-order valence-electron chi connectivity index (χ1n) is 13.7. The fraction of sp³-hybridized carbons (Fsp3) is 0.567. The van der Waals surface area contributed by atoms with Gasteiger partial charge in [-0.1, -0.05) is 24.3 Å². The Morgan fingerprint density at radius 3 is 2.74 bits per heavy atom. The second-order valence-electron chi connectivity index (χ2n) is 10.6. The molecule has 3 heterocycles. The molecule has 2 bridgehead atoms. The van der Waals surface area contributed by atoms with Gasteiger partial charge in [0.15, 0.2) is 0 Å². The number of nitrogens with zero attached hydrogens (tertiary/aromatic N) is 2. The van der Waals surface area contributed by atoms with E-state index in [0.717, 1.165) is 36.1 Å². The van der Waals surface area contributed by atoms with Gasteiger partial charge in [0.05, 0.1) is 24.5 Å². The number of ether oxygens (including phenoxy) is 2. The molecule has 3 aliphatic heterocycles. The van der Waals surface area contributed by atoms with E-state index in [1.54, 1.807) is 11.0 Å². The van der Waals surface area contributed by atoms with Gasteiger partial charge in [-0.05, 0) is 69.6 Å². The number of aliphatic hydroxyl groups is 1. The van der Waals surface area contributed by atoms with E-state index in [1.807, 2.05) is 38.1 Å². The van der Waals surface area contributed by atoms with Crippen LogP contribution in [-0.2, 0) is 23.9 Å². The lowest BCUT2D eigenvalue weighted by Crippen LogP contribution is -2.56. The second-order valence-corrected chi connectivity index (χ2v) is 10.6. The largest absolute Gasteiger partial charge is 0.465 e. The average Bonchev–Trinajstić information content (AvgIpc) is 3.54. The molecule has 2 amide bonds. The van der Waals surface area contributed by atoms with E-state index in [1.165, 1.54) is 4.90 Å². The van der Waals surface area contributed by atoms with Crippen LogP contribution in [0.25, 0.3) is 0 Å². The highest BCUT2D eigenvalue weighted by Crippen LogP contribution is 2.59. The van der Waals surface area contributed by atoms with Crippen molar-refractivity contribution in [3.8, 4) is 0 Å². The number of aliphatic hydroxyl groups excluding tert-OH is 1. The van der Waals surface area contributed by atoms with Gasteiger partial charge in [0.2, 0.25) is 5.91 Å². The zero-order chi connectivity index (χ0) is 27.4. The molecule has 0 aliphatic carbocycles. The molecule has 1 spiro atoms. The van der Waals surface area contributed by atoms with Crippen LogP contribution >= 0.6 is 0 Å². The van der Waals surface area contributed by atoms with Crippen LogP contribution in [-0.4, -0.2) is 71.8 Å². The molecule has 0 radical (unpaired) electrons. The van der Waals surface area contributed by atoms with Crippen molar-refractivity contribution < 1.29 is 29.0 Å². The number of carbonyl (C=O) groups is 3. The lowest BCUT2D eigenvalue weighted by atomic mass is 9.70. The lowest BCUT2D eigenvalue weighted by Gasteiger charge is -2.37. The van der Waals surface area contributed by atoms with Crippen molar-refractivity contribution in [2.45, 2.75) is 70.1 Å². The fourth-order valence-electron chi connectivity index (χ4n) is 6.44. The minimum Gasteiger partial charge on any atom is -0.465 e. The van der Waals surface area contributed by atoms with Crippen molar-refractivity contribution in [2.75, 3.05) is 31.2 Å². The number of amides is 2. The highest BCUT2D eigenvalue weighted by Gasteiger charge is 2.75. The first-order chi connectivity index (χ1) is 18.3. The fourth-order valence-corrected chi connectivity index (χ4v) is 6.44. The number of hydrogen-bond donors (Lipinski definition) is 1. The van der Waals surface area contributed by atoms with E-state index < -0.39 is 35.6 Å². The predicted molar refractivity (Wildman–Crippen MR) is 144 cm³/mol. The predicted octanol–water partition coefficient (Wildman–Crippen LogP) is 3.48. The number of aryl methyl sites for hydroxylation is 2. The molecule has 2 unspecified atom stereocenters. The summed E-state index contributed by atoms with van der Waals surface area (Å²) in [4.78, 5) is 44.8. The van der Waals surface area contributed by atoms with Gasteiger partial charge in [-0.3, -0.25) is 14.4 Å². The Morgan fingerprint density at radius 2 is 2.03 bits per heavy atom. The van der Waals surface area contributed by atoms with Gasteiger partial charge in [0, 0.05) is 25.4 Å². The molecule has 1 N–H and O–H groups in total. The lowest BCUT2D eigenvalue weighted by molar-refractivity contribution is -0.155. The molecule has 5 atom stereocenters. The summed E-state index contributed by atoms with van der Waals surface area (Å²) in [7, 11) is 0. The number of rotatable bonds is 13. The zero-order valence-electron chi connectivity index (χ0n) is 22.6. The SMILES string of the molecule is C=CCCCCOC(=O)[C@@H]1[C@H]2C(=O)N(CCCO)C(C(=O)N(CC=C)c3cc(C)ccc3C)C23CC[C@H]1O3. The van der Waals surface area contributed by atoms with Gasteiger partial charge in [-0.2, -0.15) is 0 Å². The number of hydrogen-bond acceptors (Lipinski definition) is 6. The Labute approximate surface area is 225 Å². The number of carbonyl (C=O) groups excluding carboxylic acids is 3. The molecule has 3 fully saturated rings. The third kappa shape index (κ3) is 4.92. The first kappa shape index (κ1) is 28.0. The Balaban J connectivity index is 1.67. The minimum atomic E-state index is -1.10. The quantitative estimate of drug-likeness (QED) is 0.241. The van der Waals surface area contributed by atoms with Gasteiger partial charge < -0.3 is 24.4 Å². The van der Waals surface area contributed by atoms with Crippen molar-refractivity contribution in [3.05, 3.63) is 54.6 Å². The summed E-state index contributed by atoms with van der Waals surface area (Å²) in [5.74, 6) is -2.47. The summed E-state index contributed by atoms with van der Waals surface area (Å²) in [5.41, 5.74) is 1.60. The molecule has 1 aromatic rings. The summed E-state index contributed by atoms with van der Waals surface area (Å²) in [6, 6.07) is 5.02. The number of unbranched alkanes of at least 4 members (excludes halogenated alkanes) is 2. The molecular weight excluding hydrogens is 484 g/mol. The summed E-state index contributed by atoms with van der Waals surface area (Å²) in [6.07, 6.45) is 6.91. The van der Waals surface area contributed by atoms with Gasteiger partial charge in [-0.15, -0.1) is 13.2 Å². The van der Waals surface area contributed by atoms with Crippen LogP contribution in [0.3, 0.4) is 0 Å². The molecule has 3 aliphatic rings. The van der Waals surface area contributed by atoms with E-state index in [-0.39, 0.29) is 38.1 Å². The molecular formula is C30H40N2O6. The average molecular weight is 525 g/mol. The maximum absolute atomic E-state index is 14.4. The number of likely N-dealkylation sites (tertiary alicyclic amines) is 1. The Bertz CT molecular complexity index is 1090. The monoisotopic (exact) mass is 524 g/mol. The van der Waals surface area contributed by atoms with Crippen molar-refractivity contribution in [2.24, 2.45) is 11.8 Å². The normalized spacial score (nSPS) is 27.3. The minimum absolute atomic E-state index is 0.116. The summed E-state index contributed by atoms with van der Waals surface area (Å²) < 4.78 is 12.1. The van der Waals surface area contributed by atoms with Crippen LogP contribution < -0.4 is 4.90 Å². The summed E-state index contributed by atoms with van der Waals surface area (Å²) in [5, 5.41) is 9.55. The first-order valence-corrected chi connectivity index (χ1v) is 13.7. The zero-order valence-corrected chi connectivity index (χ0v) is 22.6. The van der Waals surface area contributed by atoms with Crippen LogP contribution in [0, 0.1) is 25.7 Å². The second kappa shape index (κ2) is 11.8. The number of benzene rings is 1. The molecule has 0 aromatic heterocycles. The van der Waals surface area contributed by atoms with E-state index in [2.05, 4.69) is 13.2 Å². The van der Waals surface area contributed by atoms with Crippen LogP contribution in [0.15, 0.2) is 43.5 Å². The van der Waals surface area contributed by atoms with Crippen LogP contribution in [0.4, 0.5) is 5.69 Å². The van der Waals surface area contributed by atoms with Crippen molar-refractivity contribution >= 4 is 23.5 Å². The molecule has 8 nitrogen and oxygen atoms in total. The van der Waals surface area contributed by atoms with Crippen molar-refractivity contribution in [1.29, 1.82) is 0 Å². The number of anilines is 1. The van der Waals surface area contributed by atoms with Crippen molar-refractivity contribution in [3.63, 3.8) is 0 Å². The summed E-state index contributed by atoms with van der Waals surface area (Å²) in [6.45, 7) is 12.1. The molecule has 1 aromatic carbocycles. The molecule has 0 saturated carbocycles. The standard InChI is InChI=1S/C30H40N2O6/c1-5-7-8-9-18-37-29(36)24-23-13-14-30(38-23)25(24)27(34)32(16-10-17-33)26(30)28(35)31(15-6-2)22-19-20(3)11-12-21(22)4/h5-6,11-12,19,23-26,33H,1-2,7-10,13-18H2,3-4H3/t23-,24+,25+,26?,30?/m1/s1. The van der Waals surface area contributed by atoms with Crippen LogP contribution in [0.5, 0.6) is 0 Å². The van der Waals surface area contributed by atoms with Crippen molar-refractivity contribution in [1.82, 2.24) is 4.90 Å². The number of fused-ring (bicyclic) bond motifs is 1. The Hall–Kier alpha value is -2.97. The van der Waals surface area contributed by atoms with E-state index in [0.29, 0.717) is 19.3 Å². The molecule has 38 heavy (non-hydrogen) atoms. The highest BCUT2D eigenvalue weighted by atomic mass is 16.6. The smallest absolute Gasteiger partial charge is 0.312 e. The van der Waals surface area contributed by atoms with E-state index in [4.69, 9.17) is 9.47 Å². The third-order valence-corrected chi connectivity index (χ3v) is 8.14. The van der Waals surface area contributed by atoms with Crippen LogP contribution in [0.2, 0.25) is 0 Å². The van der Waals surface area contributed by atoms with Crippen LogP contribution in [0.1, 0.15) is 49.7 Å².